The molecule has 1 N–H and O–H groups in total. The Balaban J connectivity index is 1.86. The molecule has 3 rings (SSSR count). The molecule has 21 heavy (non-hydrogen) atoms. The van der Waals surface area contributed by atoms with Gasteiger partial charge in [0.15, 0.2) is 0 Å². The van der Waals surface area contributed by atoms with E-state index in [1.165, 1.54) is 12.8 Å². The number of fused-ring (bicyclic) bond motifs is 2. The zero-order valence-corrected chi connectivity index (χ0v) is 12.7. The van der Waals surface area contributed by atoms with Crippen LogP contribution in [-0.2, 0) is 0 Å². The Morgan fingerprint density at radius 1 is 1.33 bits per heavy atom. The van der Waals surface area contributed by atoms with Crippen LogP contribution in [-0.4, -0.2) is 29.6 Å². The fourth-order valence-electron chi connectivity index (χ4n) is 3.91. The smallest absolute Gasteiger partial charge is 0.274 e. The van der Waals surface area contributed by atoms with Gasteiger partial charge in [0.05, 0.1) is 4.92 Å². The number of nitro groups is 1. The molecule has 0 aliphatic carbocycles. The monoisotopic (exact) mass is 289 g/mol. The fraction of sp³-hybridized carbons (Fsp3) is 0.625. The van der Waals surface area contributed by atoms with Crippen molar-refractivity contribution < 1.29 is 4.92 Å². The van der Waals surface area contributed by atoms with E-state index in [2.05, 4.69) is 17.1 Å². The van der Waals surface area contributed by atoms with Crippen molar-refractivity contribution in [2.45, 2.75) is 57.7 Å². The number of hydrogen-bond acceptors (Lipinski definition) is 4. The van der Waals surface area contributed by atoms with Gasteiger partial charge in [-0.1, -0.05) is 6.07 Å². The number of nitro benzene ring substituents is 1. The van der Waals surface area contributed by atoms with Crippen LogP contribution in [0.15, 0.2) is 18.2 Å². The Morgan fingerprint density at radius 3 is 2.57 bits per heavy atom. The zero-order valence-electron chi connectivity index (χ0n) is 12.7. The fourth-order valence-corrected chi connectivity index (χ4v) is 3.91. The molecule has 2 aliphatic rings. The van der Waals surface area contributed by atoms with E-state index in [-0.39, 0.29) is 10.6 Å². The minimum absolute atomic E-state index is 0.225. The Morgan fingerprint density at radius 2 is 2.00 bits per heavy atom. The molecule has 2 atom stereocenters. The molecule has 2 saturated heterocycles. The molecule has 5 nitrogen and oxygen atoms in total. The van der Waals surface area contributed by atoms with Crippen molar-refractivity contribution in [1.29, 1.82) is 0 Å². The van der Waals surface area contributed by atoms with Gasteiger partial charge < -0.3 is 10.2 Å². The second-order valence-electron chi connectivity index (χ2n) is 6.28. The van der Waals surface area contributed by atoms with Crippen molar-refractivity contribution in [3.8, 4) is 0 Å². The highest BCUT2D eigenvalue weighted by molar-refractivity contribution is 5.57. The van der Waals surface area contributed by atoms with Crippen molar-refractivity contribution in [1.82, 2.24) is 5.32 Å². The van der Waals surface area contributed by atoms with Gasteiger partial charge in [0.2, 0.25) is 0 Å². The second-order valence-corrected chi connectivity index (χ2v) is 6.28. The van der Waals surface area contributed by atoms with Gasteiger partial charge in [-0.25, -0.2) is 0 Å². The topological polar surface area (TPSA) is 58.4 Å². The van der Waals surface area contributed by atoms with Crippen molar-refractivity contribution in [2.75, 3.05) is 11.4 Å². The van der Waals surface area contributed by atoms with Gasteiger partial charge in [-0.2, -0.15) is 0 Å². The van der Waals surface area contributed by atoms with Crippen LogP contribution in [0.3, 0.4) is 0 Å². The first-order chi connectivity index (χ1) is 10.1. The van der Waals surface area contributed by atoms with Crippen LogP contribution >= 0.6 is 0 Å². The maximum Gasteiger partial charge on any atom is 0.274 e. The Bertz CT molecular complexity index is 534. The number of nitrogens with zero attached hydrogens (tertiary/aromatic N) is 2. The quantitative estimate of drug-likeness (QED) is 0.684. The molecule has 0 spiro atoms. The zero-order chi connectivity index (χ0) is 15.0. The molecule has 1 aromatic carbocycles. The molecule has 0 amide bonds. The van der Waals surface area contributed by atoms with E-state index in [0.717, 1.165) is 30.6 Å². The summed E-state index contributed by atoms with van der Waals surface area (Å²) in [6.45, 7) is 4.82. The standard InChI is InChI=1S/C16H23N3O2/c1-3-18(15-8-12-5-6-13(9-15)17-12)14-7-4-11(2)16(10-14)19(20)21/h4,7,10,12-13,15,17H,3,5-6,8-9H2,1-2H3. The largest absolute Gasteiger partial charge is 0.369 e. The Kier molecular flexibility index (Phi) is 3.85. The van der Waals surface area contributed by atoms with Crippen molar-refractivity contribution in [2.24, 2.45) is 0 Å². The third-order valence-corrected chi connectivity index (χ3v) is 4.95. The normalized spacial score (nSPS) is 27.6. The van der Waals surface area contributed by atoms with E-state index in [9.17, 15) is 10.1 Å². The summed E-state index contributed by atoms with van der Waals surface area (Å²) >= 11 is 0. The van der Waals surface area contributed by atoms with Crippen molar-refractivity contribution >= 4 is 11.4 Å². The first-order valence-electron chi connectivity index (χ1n) is 7.86. The highest BCUT2D eigenvalue weighted by Crippen LogP contribution is 2.33. The van der Waals surface area contributed by atoms with E-state index in [1.807, 2.05) is 12.1 Å². The molecule has 2 unspecified atom stereocenters. The SMILES string of the molecule is CCN(c1ccc(C)c([N+](=O)[O-])c1)C1CC2CCC(C1)N2. The van der Waals surface area contributed by atoms with Crippen LogP contribution in [0.4, 0.5) is 11.4 Å². The molecule has 1 aromatic rings. The lowest BCUT2D eigenvalue weighted by Gasteiger charge is -2.38. The van der Waals surface area contributed by atoms with E-state index in [1.54, 1.807) is 13.0 Å². The lowest BCUT2D eigenvalue weighted by molar-refractivity contribution is -0.385. The van der Waals surface area contributed by atoms with Crippen LogP contribution in [0.2, 0.25) is 0 Å². The first kappa shape index (κ1) is 14.3. The highest BCUT2D eigenvalue weighted by atomic mass is 16.6. The van der Waals surface area contributed by atoms with Gasteiger partial charge in [-0.3, -0.25) is 10.1 Å². The van der Waals surface area contributed by atoms with Crippen LogP contribution in [0.5, 0.6) is 0 Å². The maximum absolute atomic E-state index is 11.2. The van der Waals surface area contributed by atoms with Crippen LogP contribution in [0, 0.1) is 17.0 Å². The number of hydrogen-bond donors (Lipinski definition) is 1. The highest BCUT2D eigenvalue weighted by Gasteiger charge is 2.36. The molecule has 2 aliphatic heterocycles. The summed E-state index contributed by atoms with van der Waals surface area (Å²) in [4.78, 5) is 13.2. The lowest BCUT2D eigenvalue weighted by atomic mass is 9.97. The summed E-state index contributed by atoms with van der Waals surface area (Å²) in [5.74, 6) is 0. The van der Waals surface area contributed by atoms with Gasteiger partial charge in [0, 0.05) is 42.0 Å². The molecule has 2 heterocycles. The molecule has 0 radical (unpaired) electrons. The van der Waals surface area contributed by atoms with Crippen LogP contribution in [0.1, 0.15) is 38.2 Å². The third-order valence-electron chi connectivity index (χ3n) is 4.95. The van der Waals surface area contributed by atoms with Crippen LogP contribution in [0.25, 0.3) is 0 Å². The van der Waals surface area contributed by atoms with E-state index < -0.39 is 0 Å². The Labute approximate surface area is 125 Å². The number of nitrogens with one attached hydrogen (secondary N) is 1. The van der Waals surface area contributed by atoms with E-state index >= 15 is 0 Å². The van der Waals surface area contributed by atoms with Gasteiger partial charge >= 0.3 is 0 Å². The number of benzene rings is 1. The number of aryl methyl sites for hydroxylation is 1. The predicted octanol–water partition coefficient (Wildman–Crippen LogP) is 3.01. The first-order valence-corrected chi connectivity index (χ1v) is 7.86. The van der Waals surface area contributed by atoms with E-state index in [4.69, 9.17) is 0 Å². The van der Waals surface area contributed by atoms with Crippen molar-refractivity contribution in [3.63, 3.8) is 0 Å². The Hall–Kier alpha value is -1.62. The minimum Gasteiger partial charge on any atom is -0.369 e. The molecule has 2 bridgehead atoms. The summed E-state index contributed by atoms with van der Waals surface area (Å²) in [5, 5.41) is 14.8. The van der Waals surface area contributed by atoms with Gasteiger partial charge in [0.1, 0.15) is 0 Å². The second kappa shape index (κ2) is 5.64. The van der Waals surface area contributed by atoms with Gasteiger partial charge in [-0.05, 0) is 45.6 Å². The predicted molar refractivity (Wildman–Crippen MR) is 83.8 cm³/mol. The minimum atomic E-state index is -0.279. The number of anilines is 1. The number of rotatable bonds is 4. The van der Waals surface area contributed by atoms with E-state index in [0.29, 0.717) is 18.1 Å². The average molecular weight is 289 g/mol. The molecule has 114 valence electrons. The summed E-state index contributed by atoms with van der Waals surface area (Å²) < 4.78 is 0. The lowest BCUT2D eigenvalue weighted by Crippen LogP contribution is -2.48. The van der Waals surface area contributed by atoms with Gasteiger partial charge in [0.25, 0.3) is 5.69 Å². The molecular formula is C16H23N3O2. The average Bonchev–Trinajstić information content (AvgIpc) is 2.80. The summed E-state index contributed by atoms with van der Waals surface area (Å²) in [6.07, 6.45) is 4.83. The summed E-state index contributed by atoms with van der Waals surface area (Å²) in [7, 11) is 0. The molecule has 0 aromatic heterocycles. The summed E-state index contributed by atoms with van der Waals surface area (Å²) in [6, 6.07) is 7.38. The number of piperidine rings is 1. The maximum atomic E-state index is 11.2. The molecule has 5 heteroatoms. The van der Waals surface area contributed by atoms with Crippen LogP contribution < -0.4 is 10.2 Å². The molecular weight excluding hydrogens is 266 g/mol. The van der Waals surface area contributed by atoms with Crippen molar-refractivity contribution in [3.05, 3.63) is 33.9 Å². The molecule has 2 fully saturated rings. The third kappa shape index (κ3) is 2.75. The molecule has 0 saturated carbocycles. The van der Waals surface area contributed by atoms with Gasteiger partial charge in [-0.15, -0.1) is 0 Å². The summed E-state index contributed by atoms with van der Waals surface area (Å²) in [5.41, 5.74) is 1.94.